The van der Waals surface area contributed by atoms with Crippen LogP contribution in [0.5, 0.6) is 0 Å². The molecule has 6 nitrogen and oxygen atoms in total. The zero-order valence-electron chi connectivity index (χ0n) is 17.9. The van der Waals surface area contributed by atoms with E-state index in [1.54, 1.807) is 18.5 Å². The number of halogens is 1. The van der Waals surface area contributed by atoms with Crippen molar-refractivity contribution in [2.24, 2.45) is 5.92 Å². The molecule has 0 unspecified atom stereocenters. The lowest BCUT2D eigenvalue weighted by Crippen LogP contribution is -2.36. The summed E-state index contributed by atoms with van der Waals surface area (Å²) in [5.74, 6) is 2.04. The van der Waals surface area contributed by atoms with Gasteiger partial charge in [-0.1, -0.05) is 19.1 Å². The fraction of sp³-hybridized carbons (Fsp3) is 0.522. The van der Waals surface area contributed by atoms with Gasteiger partial charge < -0.3 is 15.5 Å². The highest BCUT2D eigenvalue weighted by Gasteiger charge is 2.22. The second kappa shape index (κ2) is 10.9. The maximum atomic E-state index is 13.1. The summed E-state index contributed by atoms with van der Waals surface area (Å²) in [6, 6.07) is 8.15. The lowest BCUT2D eigenvalue weighted by atomic mass is 9.93. The maximum Gasteiger partial charge on any atom is 0.220 e. The molecule has 2 aromatic rings. The fourth-order valence-corrected chi connectivity index (χ4v) is 3.86. The van der Waals surface area contributed by atoms with Crippen molar-refractivity contribution in [3.05, 3.63) is 48.0 Å². The van der Waals surface area contributed by atoms with E-state index in [4.69, 9.17) is 0 Å². The van der Waals surface area contributed by atoms with E-state index in [-0.39, 0.29) is 17.8 Å². The van der Waals surface area contributed by atoms with E-state index < -0.39 is 0 Å². The molecule has 3 rings (SSSR count). The summed E-state index contributed by atoms with van der Waals surface area (Å²) >= 11 is 0. The first-order valence-corrected chi connectivity index (χ1v) is 10.9. The number of benzene rings is 1. The predicted octanol–water partition coefficient (Wildman–Crippen LogP) is 4.31. The zero-order chi connectivity index (χ0) is 21.3. The third kappa shape index (κ3) is 6.40. The number of anilines is 2. The summed E-state index contributed by atoms with van der Waals surface area (Å²) in [7, 11) is 0. The van der Waals surface area contributed by atoms with Gasteiger partial charge in [0.2, 0.25) is 5.91 Å². The Morgan fingerprint density at radius 3 is 2.87 bits per heavy atom. The second-order valence-corrected chi connectivity index (χ2v) is 8.02. The van der Waals surface area contributed by atoms with Crippen LogP contribution in [0.1, 0.15) is 57.6 Å². The van der Waals surface area contributed by atoms with Gasteiger partial charge in [-0.2, -0.15) is 0 Å². The van der Waals surface area contributed by atoms with Crippen molar-refractivity contribution in [1.82, 2.24) is 15.3 Å². The van der Waals surface area contributed by atoms with Crippen LogP contribution >= 0.6 is 0 Å². The van der Waals surface area contributed by atoms with Crippen molar-refractivity contribution in [2.45, 2.75) is 52.0 Å². The topological polar surface area (TPSA) is 70.2 Å². The number of nitrogens with one attached hydrogen (secondary N) is 2. The molecule has 1 aromatic carbocycles. The van der Waals surface area contributed by atoms with Crippen LogP contribution in [0.25, 0.3) is 0 Å². The van der Waals surface area contributed by atoms with Gasteiger partial charge in [0.05, 0.1) is 6.04 Å². The summed E-state index contributed by atoms with van der Waals surface area (Å²) in [5, 5.41) is 6.33. The minimum atomic E-state index is -0.268. The smallest absolute Gasteiger partial charge is 0.220 e. The number of rotatable bonds is 9. The van der Waals surface area contributed by atoms with Crippen LogP contribution in [0.3, 0.4) is 0 Å². The molecule has 0 bridgehead atoms. The van der Waals surface area contributed by atoms with Gasteiger partial charge in [-0.15, -0.1) is 0 Å². The van der Waals surface area contributed by atoms with Gasteiger partial charge >= 0.3 is 0 Å². The number of amides is 1. The molecule has 1 aromatic heterocycles. The Balaban J connectivity index is 1.47. The van der Waals surface area contributed by atoms with Crippen molar-refractivity contribution in [1.29, 1.82) is 0 Å². The molecule has 7 heteroatoms. The highest BCUT2D eigenvalue weighted by atomic mass is 19.1. The average Bonchev–Trinajstić information content (AvgIpc) is 2.77. The van der Waals surface area contributed by atoms with Crippen molar-refractivity contribution in [2.75, 3.05) is 29.9 Å². The van der Waals surface area contributed by atoms with Gasteiger partial charge in [0.15, 0.2) is 0 Å². The molecule has 2 atom stereocenters. The molecule has 2 heterocycles. The van der Waals surface area contributed by atoms with Crippen molar-refractivity contribution >= 4 is 17.5 Å². The zero-order valence-corrected chi connectivity index (χ0v) is 17.9. The Labute approximate surface area is 178 Å². The number of hydrogen-bond donors (Lipinski definition) is 2. The summed E-state index contributed by atoms with van der Waals surface area (Å²) in [4.78, 5) is 23.4. The standard InChI is InChI=1S/C23H32FN5O/c1-3-12-25-21-14-22(27-16-26-21)29-13-4-5-18(15-29)6-11-23(30)28-17(2)19-7-9-20(24)10-8-19/h7-10,14,16-18H,3-6,11-13,15H2,1-2H3,(H,28,30)(H,25,26,27)/t17-,18-/m1/s1. The van der Waals surface area contributed by atoms with E-state index in [1.165, 1.54) is 12.1 Å². The van der Waals surface area contributed by atoms with E-state index in [0.717, 1.165) is 62.5 Å². The molecular formula is C23H32FN5O. The molecule has 0 spiro atoms. The summed E-state index contributed by atoms with van der Waals surface area (Å²) in [6.45, 7) is 6.83. The SMILES string of the molecule is CCCNc1cc(N2CCC[C@H](CCC(=O)N[C@H](C)c3ccc(F)cc3)C2)ncn1. The molecule has 1 aliphatic heterocycles. The highest BCUT2D eigenvalue weighted by molar-refractivity contribution is 5.76. The highest BCUT2D eigenvalue weighted by Crippen LogP contribution is 2.25. The van der Waals surface area contributed by atoms with Crippen molar-refractivity contribution in [3.8, 4) is 0 Å². The van der Waals surface area contributed by atoms with Crippen LogP contribution in [0.2, 0.25) is 0 Å². The number of carbonyl (C=O) groups is 1. The number of hydrogen-bond acceptors (Lipinski definition) is 5. The molecule has 0 aliphatic carbocycles. The van der Waals surface area contributed by atoms with Crippen LogP contribution in [0.15, 0.2) is 36.7 Å². The molecular weight excluding hydrogens is 381 g/mol. The summed E-state index contributed by atoms with van der Waals surface area (Å²) in [5.41, 5.74) is 0.907. The molecule has 1 aliphatic rings. The van der Waals surface area contributed by atoms with Gasteiger partial charge in [-0.25, -0.2) is 14.4 Å². The quantitative estimate of drug-likeness (QED) is 0.641. The molecule has 0 radical (unpaired) electrons. The minimum absolute atomic E-state index is 0.0389. The first kappa shape index (κ1) is 22.0. The monoisotopic (exact) mass is 413 g/mol. The van der Waals surface area contributed by atoms with Crippen LogP contribution < -0.4 is 15.5 Å². The average molecular weight is 414 g/mol. The normalized spacial score (nSPS) is 17.4. The van der Waals surface area contributed by atoms with E-state index in [1.807, 2.05) is 13.0 Å². The Morgan fingerprint density at radius 2 is 2.10 bits per heavy atom. The van der Waals surface area contributed by atoms with Gasteiger partial charge in [0.25, 0.3) is 0 Å². The van der Waals surface area contributed by atoms with Crippen LogP contribution in [0, 0.1) is 11.7 Å². The van der Waals surface area contributed by atoms with Crippen molar-refractivity contribution < 1.29 is 9.18 Å². The van der Waals surface area contributed by atoms with Crippen LogP contribution in [-0.2, 0) is 4.79 Å². The number of piperidine rings is 1. The molecule has 2 N–H and O–H groups in total. The second-order valence-electron chi connectivity index (χ2n) is 8.02. The third-order valence-corrected chi connectivity index (χ3v) is 5.58. The van der Waals surface area contributed by atoms with Gasteiger partial charge in [-0.05, 0) is 56.2 Å². The number of aromatic nitrogens is 2. The first-order valence-electron chi connectivity index (χ1n) is 10.9. The van der Waals surface area contributed by atoms with E-state index >= 15 is 0 Å². The largest absolute Gasteiger partial charge is 0.370 e. The van der Waals surface area contributed by atoms with E-state index in [2.05, 4.69) is 32.4 Å². The van der Waals surface area contributed by atoms with Crippen LogP contribution in [0.4, 0.5) is 16.0 Å². The van der Waals surface area contributed by atoms with Crippen LogP contribution in [-0.4, -0.2) is 35.5 Å². The first-order chi connectivity index (χ1) is 14.5. The predicted molar refractivity (Wildman–Crippen MR) is 118 cm³/mol. The lowest BCUT2D eigenvalue weighted by molar-refractivity contribution is -0.122. The fourth-order valence-electron chi connectivity index (χ4n) is 3.86. The molecule has 1 fully saturated rings. The van der Waals surface area contributed by atoms with E-state index in [0.29, 0.717) is 12.3 Å². The van der Waals surface area contributed by atoms with Gasteiger partial charge in [-0.3, -0.25) is 4.79 Å². The van der Waals surface area contributed by atoms with Gasteiger partial charge in [0.1, 0.15) is 23.8 Å². The molecule has 30 heavy (non-hydrogen) atoms. The third-order valence-electron chi connectivity index (χ3n) is 5.58. The summed E-state index contributed by atoms with van der Waals surface area (Å²) in [6.07, 6.45) is 6.24. The molecule has 1 saturated heterocycles. The molecule has 0 saturated carbocycles. The Kier molecular flexibility index (Phi) is 7.99. The lowest BCUT2D eigenvalue weighted by Gasteiger charge is -2.33. The Morgan fingerprint density at radius 1 is 1.30 bits per heavy atom. The molecule has 1 amide bonds. The van der Waals surface area contributed by atoms with E-state index in [9.17, 15) is 9.18 Å². The maximum absolute atomic E-state index is 13.1. The minimum Gasteiger partial charge on any atom is -0.370 e. The summed E-state index contributed by atoms with van der Waals surface area (Å²) < 4.78 is 13.1. The number of nitrogens with zero attached hydrogens (tertiary/aromatic N) is 3. The molecule has 162 valence electrons. The number of carbonyl (C=O) groups excluding carboxylic acids is 1. The van der Waals surface area contributed by atoms with Gasteiger partial charge in [0, 0.05) is 32.1 Å². The Hall–Kier alpha value is -2.70. The van der Waals surface area contributed by atoms with Crippen molar-refractivity contribution in [3.63, 3.8) is 0 Å². The Bertz CT molecular complexity index is 813.